The number of benzene rings is 2. The summed E-state index contributed by atoms with van der Waals surface area (Å²) in [4.78, 5) is 2.05. The standard InChI is InChI=1S/C18H19FN4S/c1-22(2)15-9-5-13(6-10-15)17-11-16(21-23(17)18(20)24)12-3-7-14(19)8-4-12/h3-10,17H,11H2,1-2H3,(H2,20,24). The summed E-state index contributed by atoms with van der Waals surface area (Å²) < 4.78 is 13.1. The van der Waals surface area contributed by atoms with Gasteiger partial charge in [-0.2, -0.15) is 5.10 Å². The highest BCUT2D eigenvalue weighted by atomic mass is 32.1. The molecule has 3 rings (SSSR count). The minimum atomic E-state index is -0.264. The minimum absolute atomic E-state index is 0.0428. The molecule has 0 radical (unpaired) electrons. The lowest BCUT2D eigenvalue weighted by molar-refractivity contribution is 0.373. The number of thiocarbonyl (C=S) groups is 1. The van der Waals surface area contributed by atoms with Crippen LogP contribution in [0.4, 0.5) is 10.1 Å². The van der Waals surface area contributed by atoms with Gasteiger partial charge in [-0.05, 0) is 47.6 Å². The second kappa shape index (κ2) is 6.57. The zero-order valence-corrected chi connectivity index (χ0v) is 14.4. The van der Waals surface area contributed by atoms with Gasteiger partial charge in [0.05, 0.1) is 11.8 Å². The highest BCUT2D eigenvalue weighted by Crippen LogP contribution is 2.33. The molecule has 24 heavy (non-hydrogen) atoms. The average molecular weight is 342 g/mol. The van der Waals surface area contributed by atoms with E-state index in [2.05, 4.69) is 29.4 Å². The molecule has 1 heterocycles. The molecule has 0 aromatic heterocycles. The van der Waals surface area contributed by atoms with Gasteiger partial charge in [0.15, 0.2) is 5.11 Å². The summed E-state index contributed by atoms with van der Waals surface area (Å²) in [5.74, 6) is -0.264. The summed E-state index contributed by atoms with van der Waals surface area (Å²) in [5.41, 5.74) is 9.80. The van der Waals surface area contributed by atoms with Crippen molar-refractivity contribution in [3.8, 4) is 0 Å². The summed E-state index contributed by atoms with van der Waals surface area (Å²) in [6, 6.07) is 14.5. The fraction of sp³-hybridized carbons (Fsp3) is 0.222. The van der Waals surface area contributed by atoms with Crippen LogP contribution in [0.3, 0.4) is 0 Å². The molecule has 0 fully saturated rings. The third-order valence-corrected chi connectivity index (χ3v) is 4.29. The Hall–Kier alpha value is -2.47. The average Bonchev–Trinajstić information content (AvgIpc) is 3.01. The lowest BCUT2D eigenvalue weighted by Crippen LogP contribution is -2.31. The molecule has 0 saturated heterocycles. The first-order valence-corrected chi connectivity index (χ1v) is 8.06. The topological polar surface area (TPSA) is 44.9 Å². The molecule has 124 valence electrons. The molecule has 0 saturated carbocycles. The van der Waals surface area contributed by atoms with Gasteiger partial charge >= 0.3 is 0 Å². The van der Waals surface area contributed by atoms with Gasteiger partial charge in [0.2, 0.25) is 0 Å². The molecule has 2 aromatic rings. The fourth-order valence-electron chi connectivity index (χ4n) is 2.78. The molecule has 0 amide bonds. The number of nitrogens with two attached hydrogens (primary N) is 1. The molecule has 6 heteroatoms. The maximum atomic E-state index is 13.1. The Balaban J connectivity index is 1.89. The lowest BCUT2D eigenvalue weighted by atomic mass is 9.98. The van der Waals surface area contributed by atoms with Gasteiger partial charge in [0, 0.05) is 26.2 Å². The zero-order valence-electron chi connectivity index (χ0n) is 13.6. The minimum Gasteiger partial charge on any atom is -0.378 e. The van der Waals surface area contributed by atoms with Crippen LogP contribution in [0, 0.1) is 5.82 Å². The largest absolute Gasteiger partial charge is 0.378 e. The number of hydrazone groups is 1. The lowest BCUT2D eigenvalue weighted by Gasteiger charge is -2.22. The highest BCUT2D eigenvalue weighted by molar-refractivity contribution is 7.80. The van der Waals surface area contributed by atoms with Crippen LogP contribution in [0.2, 0.25) is 0 Å². The first-order chi connectivity index (χ1) is 11.5. The van der Waals surface area contributed by atoms with Crippen molar-refractivity contribution < 1.29 is 4.39 Å². The van der Waals surface area contributed by atoms with Crippen LogP contribution in [0.25, 0.3) is 0 Å². The SMILES string of the molecule is CN(C)c1ccc(C2CC(c3ccc(F)cc3)=NN2C(N)=S)cc1. The van der Waals surface area contributed by atoms with Gasteiger partial charge < -0.3 is 10.6 Å². The van der Waals surface area contributed by atoms with Crippen LogP contribution < -0.4 is 10.6 Å². The van der Waals surface area contributed by atoms with Crippen LogP contribution in [0.1, 0.15) is 23.6 Å². The maximum absolute atomic E-state index is 13.1. The summed E-state index contributed by atoms with van der Waals surface area (Å²) in [7, 11) is 4.00. The molecule has 0 bridgehead atoms. The Kier molecular flexibility index (Phi) is 4.49. The summed E-state index contributed by atoms with van der Waals surface area (Å²) >= 11 is 5.15. The Morgan fingerprint density at radius 2 is 1.79 bits per heavy atom. The Morgan fingerprint density at radius 1 is 1.17 bits per heavy atom. The Labute approximate surface area is 146 Å². The zero-order chi connectivity index (χ0) is 17.3. The van der Waals surface area contributed by atoms with Gasteiger partial charge in [0.25, 0.3) is 0 Å². The number of hydrogen-bond acceptors (Lipinski definition) is 3. The van der Waals surface area contributed by atoms with E-state index in [1.165, 1.54) is 12.1 Å². The number of anilines is 1. The van der Waals surface area contributed by atoms with E-state index in [1.807, 2.05) is 19.0 Å². The molecule has 4 nitrogen and oxygen atoms in total. The van der Waals surface area contributed by atoms with Crippen molar-refractivity contribution in [3.63, 3.8) is 0 Å². The van der Waals surface area contributed by atoms with E-state index in [0.29, 0.717) is 6.42 Å². The maximum Gasteiger partial charge on any atom is 0.187 e. The smallest absolute Gasteiger partial charge is 0.187 e. The predicted octanol–water partition coefficient (Wildman–Crippen LogP) is 3.29. The van der Waals surface area contributed by atoms with Crippen molar-refractivity contribution in [2.75, 3.05) is 19.0 Å². The van der Waals surface area contributed by atoms with Gasteiger partial charge in [-0.15, -0.1) is 0 Å². The van der Waals surface area contributed by atoms with Crippen LogP contribution in [0.15, 0.2) is 53.6 Å². The molecule has 0 spiro atoms. The fourth-order valence-corrected chi connectivity index (χ4v) is 2.95. The van der Waals surface area contributed by atoms with Crippen molar-refractivity contribution >= 4 is 28.7 Å². The van der Waals surface area contributed by atoms with Crippen LogP contribution in [-0.2, 0) is 0 Å². The number of halogens is 1. The number of rotatable bonds is 3. The van der Waals surface area contributed by atoms with Crippen LogP contribution >= 0.6 is 12.2 Å². The van der Waals surface area contributed by atoms with Crippen molar-refractivity contribution in [3.05, 3.63) is 65.5 Å². The quantitative estimate of drug-likeness (QED) is 0.870. The highest BCUT2D eigenvalue weighted by Gasteiger charge is 2.30. The Morgan fingerprint density at radius 3 is 2.33 bits per heavy atom. The molecule has 1 aliphatic heterocycles. The van der Waals surface area contributed by atoms with E-state index in [9.17, 15) is 4.39 Å². The molecule has 2 aromatic carbocycles. The molecular weight excluding hydrogens is 323 g/mol. The van der Waals surface area contributed by atoms with E-state index >= 15 is 0 Å². The summed E-state index contributed by atoms with van der Waals surface area (Å²) in [6.07, 6.45) is 0.671. The van der Waals surface area contributed by atoms with Gasteiger partial charge in [-0.1, -0.05) is 24.3 Å². The Bertz CT molecular complexity index is 769. The molecule has 0 aliphatic carbocycles. The normalized spacial score (nSPS) is 16.9. The van der Waals surface area contributed by atoms with Crippen molar-refractivity contribution in [1.29, 1.82) is 0 Å². The first-order valence-electron chi connectivity index (χ1n) is 7.65. The van der Waals surface area contributed by atoms with Crippen LogP contribution in [-0.4, -0.2) is 29.9 Å². The third kappa shape index (κ3) is 3.23. The van der Waals surface area contributed by atoms with E-state index in [1.54, 1.807) is 17.1 Å². The summed E-state index contributed by atoms with van der Waals surface area (Å²) in [6.45, 7) is 0. The van der Waals surface area contributed by atoms with Gasteiger partial charge in [0.1, 0.15) is 5.82 Å². The number of hydrogen-bond donors (Lipinski definition) is 1. The predicted molar refractivity (Wildman–Crippen MR) is 99.7 cm³/mol. The number of nitrogens with zero attached hydrogens (tertiary/aromatic N) is 3. The second-order valence-corrected chi connectivity index (χ2v) is 6.36. The van der Waals surface area contributed by atoms with Crippen LogP contribution in [0.5, 0.6) is 0 Å². The van der Waals surface area contributed by atoms with E-state index < -0.39 is 0 Å². The van der Waals surface area contributed by atoms with Gasteiger partial charge in [-0.25, -0.2) is 9.40 Å². The van der Waals surface area contributed by atoms with Crippen molar-refractivity contribution in [1.82, 2.24) is 5.01 Å². The van der Waals surface area contributed by atoms with E-state index in [0.717, 1.165) is 22.5 Å². The molecule has 1 unspecified atom stereocenters. The molecule has 2 N–H and O–H groups in total. The monoisotopic (exact) mass is 342 g/mol. The second-order valence-electron chi connectivity index (χ2n) is 5.94. The third-order valence-electron chi connectivity index (χ3n) is 4.11. The molecule has 1 atom stereocenters. The van der Waals surface area contributed by atoms with Crippen molar-refractivity contribution in [2.24, 2.45) is 10.8 Å². The summed E-state index contributed by atoms with van der Waals surface area (Å²) in [5, 5.41) is 6.45. The molecular formula is C18H19FN4S. The molecule has 1 aliphatic rings. The first kappa shape index (κ1) is 16.4. The van der Waals surface area contributed by atoms with Gasteiger partial charge in [-0.3, -0.25) is 0 Å². The van der Waals surface area contributed by atoms with Crippen molar-refractivity contribution in [2.45, 2.75) is 12.5 Å². The van der Waals surface area contributed by atoms with E-state index in [-0.39, 0.29) is 17.0 Å². The van der Waals surface area contributed by atoms with E-state index in [4.69, 9.17) is 18.0 Å².